The molecular weight excluding hydrogens is 216 g/mol. The maximum absolute atomic E-state index is 11.2. The van der Waals surface area contributed by atoms with E-state index in [1.54, 1.807) is 0 Å². The van der Waals surface area contributed by atoms with Crippen LogP contribution in [-0.4, -0.2) is 47.7 Å². The normalized spacial score (nSPS) is 28.6. The number of nitrogens with one attached hydrogen (secondary N) is 1. The lowest BCUT2D eigenvalue weighted by Gasteiger charge is -2.24. The van der Waals surface area contributed by atoms with Crippen LogP contribution in [0.4, 0.5) is 0 Å². The third kappa shape index (κ3) is 4.28. The lowest BCUT2D eigenvalue weighted by atomic mass is 10.0. The van der Waals surface area contributed by atoms with Crippen molar-refractivity contribution in [3.8, 4) is 0 Å². The Kier molecular flexibility index (Phi) is 4.40. The van der Waals surface area contributed by atoms with E-state index in [2.05, 4.69) is 17.1 Å². The zero-order valence-corrected chi connectivity index (χ0v) is 10.7. The topological polar surface area (TPSA) is 52.6 Å². The number of hydrogen-bond donors (Lipinski definition) is 2. The minimum Gasteiger partial charge on any atom is -0.480 e. The van der Waals surface area contributed by atoms with Gasteiger partial charge in [-0.3, -0.25) is 4.79 Å². The van der Waals surface area contributed by atoms with Gasteiger partial charge in [0.05, 0.1) is 0 Å². The van der Waals surface area contributed by atoms with Gasteiger partial charge in [-0.15, -0.1) is 0 Å². The third-order valence-electron chi connectivity index (χ3n) is 3.86. The minimum atomic E-state index is -0.700. The molecule has 0 aromatic rings. The second-order valence-corrected chi connectivity index (χ2v) is 5.67. The lowest BCUT2D eigenvalue weighted by molar-refractivity contribution is -0.140. The fourth-order valence-corrected chi connectivity index (χ4v) is 2.50. The van der Waals surface area contributed by atoms with E-state index in [4.69, 9.17) is 0 Å². The van der Waals surface area contributed by atoms with Crippen molar-refractivity contribution in [2.24, 2.45) is 5.92 Å². The molecule has 4 nitrogen and oxygen atoms in total. The van der Waals surface area contributed by atoms with Crippen LogP contribution in [-0.2, 0) is 4.79 Å². The summed E-state index contributed by atoms with van der Waals surface area (Å²) in [7, 11) is 0. The highest BCUT2D eigenvalue weighted by molar-refractivity contribution is 5.73. The van der Waals surface area contributed by atoms with E-state index in [0.717, 1.165) is 31.8 Å². The standard InChI is InChI=1S/C13H24N2O2/c1-10-3-2-7-15(8-6-10)9-12(13(16)17)14-11-4-5-11/h10-12,14H,2-9H2,1H3,(H,16,17). The van der Waals surface area contributed by atoms with Gasteiger partial charge in [-0.05, 0) is 51.1 Å². The maximum atomic E-state index is 11.2. The third-order valence-corrected chi connectivity index (χ3v) is 3.86. The Morgan fingerprint density at radius 3 is 2.76 bits per heavy atom. The lowest BCUT2D eigenvalue weighted by Crippen LogP contribution is -2.47. The molecule has 0 aromatic heterocycles. The Morgan fingerprint density at radius 2 is 2.12 bits per heavy atom. The molecule has 2 aliphatic rings. The summed E-state index contributed by atoms with van der Waals surface area (Å²) in [5.41, 5.74) is 0. The molecule has 0 radical (unpaired) electrons. The van der Waals surface area contributed by atoms with Gasteiger partial charge in [0.2, 0.25) is 0 Å². The van der Waals surface area contributed by atoms with Gasteiger partial charge in [-0.1, -0.05) is 6.92 Å². The Hall–Kier alpha value is -0.610. The Morgan fingerprint density at radius 1 is 1.35 bits per heavy atom. The van der Waals surface area contributed by atoms with Gasteiger partial charge < -0.3 is 15.3 Å². The molecule has 2 fully saturated rings. The summed E-state index contributed by atoms with van der Waals surface area (Å²) in [5, 5.41) is 12.4. The maximum Gasteiger partial charge on any atom is 0.322 e. The van der Waals surface area contributed by atoms with Crippen LogP contribution in [0.25, 0.3) is 0 Å². The summed E-state index contributed by atoms with van der Waals surface area (Å²) < 4.78 is 0. The van der Waals surface area contributed by atoms with Gasteiger partial charge in [0.25, 0.3) is 0 Å². The number of hydrogen-bond acceptors (Lipinski definition) is 3. The first-order valence-electron chi connectivity index (χ1n) is 6.86. The van der Waals surface area contributed by atoms with Gasteiger partial charge in [0, 0.05) is 12.6 Å². The molecule has 17 heavy (non-hydrogen) atoms. The number of carboxylic acid groups (broad SMARTS) is 1. The zero-order valence-electron chi connectivity index (χ0n) is 10.7. The van der Waals surface area contributed by atoms with Crippen LogP contribution in [0.3, 0.4) is 0 Å². The molecule has 2 atom stereocenters. The first kappa shape index (κ1) is 12.8. The number of carbonyl (C=O) groups is 1. The van der Waals surface area contributed by atoms with Crippen molar-refractivity contribution in [3.63, 3.8) is 0 Å². The Labute approximate surface area is 103 Å². The van der Waals surface area contributed by atoms with Gasteiger partial charge in [0.15, 0.2) is 0 Å². The van der Waals surface area contributed by atoms with Crippen LogP contribution in [0.5, 0.6) is 0 Å². The van der Waals surface area contributed by atoms with E-state index in [1.807, 2.05) is 0 Å². The van der Waals surface area contributed by atoms with Crippen LogP contribution in [0.1, 0.15) is 39.0 Å². The van der Waals surface area contributed by atoms with Gasteiger partial charge in [-0.2, -0.15) is 0 Å². The number of aliphatic carboxylic acids is 1. The summed E-state index contributed by atoms with van der Waals surface area (Å²) in [6.45, 7) is 5.07. The van der Waals surface area contributed by atoms with Crippen molar-refractivity contribution in [3.05, 3.63) is 0 Å². The summed E-state index contributed by atoms with van der Waals surface area (Å²) in [4.78, 5) is 13.5. The molecule has 1 saturated heterocycles. The van der Waals surface area contributed by atoms with Crippen molar-refractivity contribution >= 4 is 5.97 Å². The molecule has 1 heterocycles. The molecule has 0 amide bonds. The van der Waals surface area contributed by atoms with E-state index < -0.39 is 5.97 Å². The molecule has 0 bridgehead atoms. The molecule has 0 spiro atoms. The van der Waals surface area contributed by atoms with Crippen molar-refractivity contribution in [1.29, 1.82) is 0 Å². The van der Waals surface area contributed by atoms with Crippen LogP contribution < -0.4 is 5.32 Å². The molecular formula is C13H24N2O2. The molecule has 1 saturated carbocycles. The molecule has 1 aliphatic carbocycles. The van der Waals surface area contributed by atoms with Crippen molar-refractivity contribution < 1.29 is 9.90 Å². The number of likely N-dealkylation sites (tertiary alicyclic amines) is 1. The van der Waals surface area contributed by atoms with Crippen LogP contribution in [0.15, 0.2) is 0 Å². The monoisotopic (exact) mass is 240 g/mol. The van der Waals surface area contributed by atoms with Crippen LogP contribution in [0.2, 0.25) is 0 Å². The Bertz CT molecular complexity index is 266. The van der Waals surface area contributed by atoms with Gasteiger partial charge >= 0.3 is 5.97 Å². The highest BCUT2D eigenvalue weighted by atomic mass is 16.4. The van der Waals surface area contributed by atoms with E-state index in [9.17, 15) is 9.90 Å². The zero-order chi connectivity index (χ0) is 12.3. The van der Waals surface area contributed by atoms with Gasteiger partial charge in [0.1, 0.15) is 6.04 Å². The van der Waals surface area contributed by atoms with E-state index in [0.29, 0.717) is 12.6 Å². The quantitative estimate of drug-likeness (QED) is 0.761. The fraction of sp³-hybridized carbons (Fsp3) is 0.923. The van der Waals surface area contributed by atoms with E-state index >= 15 is 0 Å². The van der Waals surface area contributed by atoms with Crippen molar-refractivity contribution in [1.82, 2.24) is 10.2 Å². The number of rotatable bonds is 5. The summed E-state index contributed by atoms with van der Waals surface area (Å²) in [6, 6.07) is 0.0814. The SMILES string of the molecule is CC1CCCN(CC(NC2CC2)C(=O)O)CC1. The molecule has 0 aromatic carbocycles. The van der Waals surface area contributed by atoms with Crippen LogP contribution >= 0.6 is 0 Å². The first-order valence-corrected chi connectivity index (χ1v) is 6.86. The van der Waals surface area contributed by atoms with Crippen molar-refractivity contribution in [2.45, 2.75) is 51.1 Å². The van der Waals surface area contributed by atoms with E-state index in [1.165, 1.54) is 19.3 Å². The smallest absolute Gasteiger partial charge is 0.322 e. The molecule has 2 N–H and O–H groups in total. The average Bonchev–Trinajstić information content (AvgIpc) is 3.07. The molecule has 2 rings (SSSR count). The largest absolute Gasteiger partial charge is 0.480 e. The van der Waals surface area contributed by atoms with E-state index in [-0.39, 0.29) is 6.04 Å². The second kappa shape index (κ2) is 5.83. The summed E-state index contributed by atoms with van der Waals surface area (Å²) in [6.07, 6.45) is 5.97. The highest BCUT2D eigenvalue weighted by Crippen LogP contribution is 2.20. The molecule has 2 unspecified atom stereocenters. The van der Waals surface area contributed by atoms with Gasteiger partial charge in [-0.25, -0.2) is 0 Å². The fourth-order valence-electron chi connectivity index (χ4n) is 2.50. The molecule has 4 heteroatoms. The number of nitrogens with zero attached hydrogens (tertiary/aromatic N) is 1. The first-order chi connectivity index (χ1) is 8.15. The second-order valence-electron chi connectivity index (χ2n) is 5.67. The Balaban J connectivity index is 1.81. The minimum absolute atomic E-state index is 0.379. The van der Waals surface area contributed by atoms with Crippen LogP contribution in [0, 0.1) is 5.92 Å². The average molecular weight is 240 g/mol. The molecule has 1 aliphatic heterocycles. The predicted molar refractivity (Wildman–Crippen MR) is 67.0 cm³/mol. The highest BCUT2D eigenvalue weighted by Gasteiger charge is 2.29. The molecule has 98 valence electrons. The predicted octanol–water partition coefficient (Wildman–Crippen LogP) is 1.31. The summed E-state index contributed by atoms with van der Waals surface area (Å²) in [5.74, 6) is 0.0915. The van der Waals surface area contributed by atoms with Crippen molar-refractivity contribution in [2.75, 3.05) is 19.6 Å². The number of carboxylic acids is 1. The summed E-state index contributed by atoms with van der Waals surface area (Å²) >= 11 is 0.